The van der Waals surface area contributed by atoms with E-state index >= 15 is 0 Å². The number of amides is 1. The summed E-state index contributed by atoms with van der Waals surface area (Å²) in [4.78, 5) is 11.7. The van der Waals surface area contributed by atoms with Gasteiger partial charge in [0.1, 0.15) is 0 Å². The molecular weight excluding hydrogens is 204 g/mol. The number of nitrogens with two attached hydrogens (primary N) is 1. The largest absolute Gasteiger partial charge is 0.379 e. The molecule has 2 aliphatic rings. The van der Waals surface area contributed by atoms with Crippen LogP contribution in [0, 0.1) is 5.92 Å². The normalized spacial score (nSPS) is 29.2. The molecule has 0 aromatic rings. The number of nitrogens with one attached hydrogen (secondary N) is 1. The summed E-state index contributed by atoms with van der Waals surface area (Å²) in [6, 6.07) is -0.134. The van der Waals surface area contributed by atoms with Crippen molar-refractivity contribution in [3.63, 3.8) is 0 Å². The molecule has 2 atom stereocenters. The summed E-state index contributed by atoms with van der Waals surface area (Å²) in [7, 11) is 0. The van der Waals surface area contributed by atoms with Crippen molar-refractivity contribution >= 4 is 5.91 Å². The van der Waals surface area contributed by atoms with E-state index in [0.29, 0.717) is 13.2 Å². The summed E-state index contributed by atoms with van der Waals surface area (Å²) in [6.07, 6.45) is 6.93. The van der Waals surface area contributed by atoms with Crippen molar-refractivity contribution in [3.8, 4) is 0 Å². The third kappa shape index (κ3) is 2.83. The molecule has 0 spiro atoms. The van der Waals surface area contributed by atoms with Crippen LogP contribution in [0.25, 0.3) is 0 Å². The van der Waals surface area contributed by atoms with E-state index < -0.39 is 0 Å². The van der Waals surface area contributed by atoms with E-state index in [9.17, 15) is 4.79 Å². The van der Waals surface area contributed by atoms with Crippen LogP contribution in [-0.4, -0.2) is 31.7 Å². The molecule has 0 radical (unpaired) electrons. The third-order valence-electron chi connectivity index (χ3n) is 3.34. The lowest BCUT2D eigenvalue weighted by atomic mass is 10.0. The van der Waals surface area contributed by atoms with E-state index in [1.165, 1.54) is 24.8 Å². The lowest BCUT2D eigenvalue weighted by molar-refractivity contribution is -0.125. The van der Waals surface area contributed by atoms with Crippen LogP contribution in [0.2, 0.25) is 0 Å². The predicted molar refractivity (Wildman–Crippen MR) is 61.8 cm³/mol. The Morgan fingerprint density at radius 1 is 1.56 bits per heavy atom. The Labute approximate surface area is 96.2 Å². The van der Waals surface area contributed by atoms with E-state index in [4.69, 9.17) is 10.5 Å². The van der Waals surface area contributed by atoms with Crippen LogP contribution in [0.4, 0.5) is 0 Å². The molecule has 0 saturated carbocycles. The van der Waals surface area contributed by atoms with Gasteiger partial charge in [-0.25, -0.2) is 0 Å². The molecule has 3 N–H and O–H groups in total. The Kier molecular flexibility index (Phi) is 3.96. The first-order chi connectivity index (χ1) is 7.77. The zero-order valence-electron chi connectivity index (χ0n) is 9.58. The van der Waals surface area contributed by atoms with Crippen LogP contribution in [0.5, 0.6) is 0 Å². The standard InChI is InChI=1S/C12H20N2O2/c13-11-8-16-7-10(11)12(15)14-6-5-9-3-1-2-4-9/h3,10-11H,1-2,4-8,13H2,(H,14,15). The molecule has 0 aromatic heterocycles. The first kappa shape index (κ1) is 11.6. The first-order valence-electron chi connectivity index (χ1n) is 6.06. The molecule has 16 heavy (non-hydrogen) atoms. The topological polar surface area (TPSA) is 64.3 Å². The molecule has 1 aliphatic heterocycles. The predicted octanol–water partition coefficient (Wildman–Crippen LogP) is 0.577. The van der Waals surface area contributed by atoms with Gasteiger partial charge in [0.05, 0.1) is 19.1 Å². The minimum Gasteiger partial charge on any atom is -0.379 e. The SMILES string of the molecule is NC1COCC1C(=O)NCCC1=CCCC1. The third-order valence-corrected chi connectivity index (χ3v) is 3.34. The summed E-state index contributed by atoms with van der Waals surface area (Å²) in [5.74, 6) is -0.110. The van der Waals surface area contributed by atoms with Gasteiger partial charge in [-0.1, -0.05) is 11.6 Å². The lowest BCUT2D eigenvalue weighted by Gasteiger charge is -2.13. The maximum atomic E-state index is 11.7. The molecule has 1 saturated heterocycles. The average molecular weight is 224 g/mol. The highest BCUT2D eigenvalue weighted by atomic mass is 16.5. The minimum atomic E-state index is -0.155. The van der Waals surface area contributed by atoms with Crippen molar-refractivity contribution in [2.45, 2.75) is 31.7 Å². The highest BCUT2D eigenvalue weighted by Crippen LogP contribution is 2.20. The van der Waals surface area contributed by atoms with E-state index in [1.807, 2.05) is 0 Å². The summed E-state index contributed by atoms with van der Waals surface area (Å²) in [5.41, 5.74) is 7.26. The highest BCUT2D eigenvalue weighted by Gasteiger charge is 2.30. The molecule has 0 aromatic carbocycles. The molecule has 1 heterocycles. The van der Waals surface area contributed by atoms with Crippen molar-refractivity contribution < 1.29 is 9.53 Å². The van der Waals surface area contributed by atoms with Crippen molar-refractivity contribution in [1.82, 2.24) is 5.32 Å². The van der Waals surface area contributed by atoms with Gasteiger partial charge in [-0.2, -0.15) is 0 Å². The highest BCUT2D eigenvalue weighted by molar-refractivity contribution is 5.79. The number of rotatable bonds is 4. The van der Waals surface area contributed by atoms with Crippen molar-refractivity contribution in [2.24, 2.45) is 11.7 Å². The maximum Gasteiger partial charge on any atom is 0.227 e. The van der Waals surface area contributed by atoms with Gasteiger partial charge in [-0.3, -0.25) is 4.79 Å². The number of hydrogen-bond donors (Lipinski definition) is 2. The smallest absolute Gasteiger partial charge is 0.227 e. The van der Waals surface area contributed by atoms with Gasteiger partial charge in [-0.15, -0.1) is 0 Å². The maximum absolute atomic E-state index is 11.7. The van der Waals surface area contributed by atoms with Crippen LogP contribution >= 0.6 is 0 Å². The quantitative estimate of drug-likeness (QED) is 0.686. The zero-order valence-corrected chi connectivity index (χ0v) is 9.58. The summed E-state index contributed by atoms with van der Waals surface area (Å²) >= 11 is 0. The van der Waals surface area contributed by atoms with Crippen LogP contribution in [0.15, 0.2) is 11.6 Å². The zero-order chi connectivity index (χ0) is 11.4. The minimum absolute atomic E-state index is 0.0450. The molecule has 0 bridgehead atoms. The summed E-state index contributed by atoms with van der Waals surface area (Å²) in [6.45, 7) is 1.70. The number of hydrogen-bond acceptors (Lipinski definition) is 3. The molecule has 1 aliphatic carbocycles. The first-order valence-corrected chi connectivity index (χ1v) is 6.06. The molecule has 90 valence electrons. The summed E-state index contributed by atoms with van der Waals surface area (Å²) in [5, 5.41) is 2.94. The molecule has 4 nitrogen and oxygen atoms in total. The van der Waals surface area contributed by atoms with E-state index in [0.717, 1.165) is 13.0 Å². The molecule has 2 rings (SSSR count). The van der Waals surface area contributed by atoms with Crippen LogP contribution < -0.4 is 11.1 Å². The second kappa shape index (κ2) is 5.46. The van der Waals surface area contributed by atoms with Crippen LogP contribution in [-0.2, 0) is 9.53 Å². The molecule has 1 amide bonds. The number of carbonyl (C=O) groups excluding carboxylic acids is 1. The van der Waals surface area contributed by atoms with Gasteiger partial charge < -0.3 is 15.8 Å². The number of allylic oxidation sites excluding steroid dienone is 1. The molecule has 1 fully saturated rings. The van der Waals surface area contributed by atoms with Gasteiger partial charge in [0.15, 0.2) is 0 Å². The Balaban J connectivity index is 1.67. The van der Waals surface area contributed by atoms with Crippen LogP contribution in [0.1, 0.15) is 25.7 Å². The van der Waals surface area contributed by atoms with Crippen LogP contribution in [0.3, 0.4) is 0 Å². The monoisotopic (exact) mass is 224 g/mol. The van der Waals surface area contributed by atoms with Gasteiger partial charge in [0.25, 0.3) is 0 Å². The fourth-order valence-corrected chi connectivity index (χ4v) is 2.28. The number of carbonyl (C=O) groups is 1. The molecule has 4 heteroatoms. The Morgan fingerprint density at radius 2 is 2.44 bits per heavy atom. The van der Waals surface area contributed by atoms with Crippen molar-refractivity contribution in [2.75, 3.05) is 19.8 Å². The molecule has 2 unspecified atom stereocenters. The average Bonchev–Trinajstić information content (AvgIpc) is 2.88. The van der Waals surface area contributed by atoms with E-state index in [-0.39, 0.29) is 17.9 Å². The van der Waals surface area contributed by atoms with E-state index in [1.54, 1.807) is 0 Å². The number of ether oxygens (including phenoxy) is 1. The lowest BCUT2D eigenvalue weighted by Crippen LogP contribution is -2.41. The second-order valence-electron chi connectivity index (χ2n) is 4.60. The van der Waals surface area contributed by atoms with Gasteiger partial charge >= 0.3 is 0 Å². The van der Waals surface area contributed by atoms with Gasteiger partial charge in [-0.05, 0) is 25.7 Å². The Hall–Kier alpha value is -0.870. The van der Waals surface area contributed by atoms with E-state index in [2.05, 4.69) is 11.4 Å². The fourth-order valence-electron chi connectivity index (χ4n) is 2.28. The summed E-state index contributed by atoms with van der Waals surface area (Å²) < 4.78 is 5.17. The van der Waals surface area contributed by atoms with Crippen molar-refractivity contribution in [1.29, 1.82) is 0 Å². The van der Waals surface area contributed by atoms with Crippen molar-refractivity contribution in [3.05, 3.63) is 11.6 Å². The second-order valence-corrected chi connectivity index (χ2v) is 4.60. The van der Waals surface area contributed by atoms with Gasteiger partial charge in [0, 0.05) is 12.6 Å². The fraction of sp³-hybridized carbons (Fsp3) is 0.750. The Bertz CT molecular complexity index is 289. The molecular formula is C12H20N2O2. The van der Waals surface area contributed by atoms with Gasteiger partial charge in [0.2, 0.25) is 5.91 Å². The Morgan fingerprint density at radius 3 is 3.06 bits per heavy atom.